The molecule has 5 rings (SSSR count). The summed E-state index contributed by atoms with van der Waals surface area (Å²) >= 11 is 7.83. The number of anilines is 1. The molecule has 2 aromatic carbocycles. The third kappa shape index (κ3) is 4.00. The summed E-state index contributed by atoms with van der Waals surface area (Å²) in [7, 11) is 0. The van der Waals surface area contributed by atoms with Gasteiger partial charge >= 0.3 is 0 Å². The number of piperazine rings is 1. The van der Waals surface area contributed by atoms with Gasteiger partial charge in [-0.05, 0) is 59.8 Å². The minimum Gasteiger partial charge on any atom is -0.368 e. The summed E-state index contributed by atoms with van der Waals surface area (Å²) < 4.78 is 16.5. The summed E-state index contributed by atoms with van der Waals surface area (Å²) in [6.45, 7) is 5.45. The number of nitrogens with zero attached hydrogens (tertiary/aromatic N) is 3. The van der Waals surface area contributed by atoms with Gasteiger partial charge in [-0.15, -0.1) is 11.3 Å². The van der Waals surface area contributed by atoms with Crippen LogP contribution in [0, 0.1) is 12.7 Å². The molecule has 164 valence electrons. The van der Waals surface area contributed by atoms with Crippen LogP contribution in [0.15, 0.2) is 60.0 Å². The fraction of sp³-hybridized carbons (Fsp3) is 0.240. The number of amides is 1. The van der Waals surface area contributed by atoms with Gasteiger partial charge in [-0.25, -0.2) is 4.39 Å². The van der Waals surface area contributed by atoms with Crippen molar-refractivity contribution in [2.45, 2.75) is 13.5 Å². The van der Waals surface area contributed by atoms with E-state index in [-0.39, 0.29) is 11.7 Å². The van der Waals surface area contributed by atoms with Crippen molar-refractivity contribution in [2.24, 2.45) is 0 Å². The van der Waals surface area contributed by atoms with Crippen LogP contribution in [-0.4, -0.2) is 41.6 Å². The zero-order valence-electron chi connectivity index (χ0n) is 17.7. The lowest BCUT2D eigenvalue weighted by Gasteiger charge is -2.37. The molecule has 0 N–H and O–H groups in total. The van der Waals surface area contributed by atoms with Gasteiger partial charge in [-0.2, -0.15) is 0 Å². The number of hydrogen-bond donors (Lipinski definition) is 0. The number of carbonyl (C=O) groups excluding carboxylic acids is 1. The van der Waals surface area contributed by atoms with Crippen molar-refractivity contribution >= 4 is 44.7 Å². The van der Waals surface area contributed by atoms with E-state index < -0.39 is 0 Å². The predicted octanol–water partition coefficient (Wildman–Crippen LogP) is 5.81. The van der Waals surface area contributed by atoms with Crippen LogP contribution < -0.4 is 4.90 Å². The second-order valence-electron chi connectivity index (χ2n) is 8.12. The van der Waals surface area contributed by atoms with Crippen LogP contribution >= 0.6 is 22.9 Å². The van der Waals surface area contributed by atoms with Crippen LogP contribution in [0.2, 0.25) is 5.02 Å². The highest BCUT2D eigenvalue weighted by molar-refractivity contribution is 7.17. The van der Waals surface area contributed by atoms with Crippen molar-refractivity contribution in [1.82, 2.24) is 9.47 Å². The molecule has 3 heterocycles. The van der Waals surface area contributed by atoms with E-state index in [0.29, 0.717) is 25.3 Å². The number of fused-ring (bicyclic) bond motifs is 1. The Hall–Kier alpha value is -2.83. The van der Waals surface area contributed by atoms with Crippen LogP contribution in [0.5, 0.6) is 0 Å². The number of thiophene rings is 1. The van der Waals surface area contributed by atoms with E-state index in [2.05, 4.69) is 16.4 Å². The molecule has 4 aromatic rings. The van der Waals surface area contributed by atoms with Gasteiger partial charge < -0.3 is 14.4 Å². The van der Waals surface area contributed by atoms with E-state index in [0.717, 1.165) is 39.6 Å². The molecule has 1 amide bonds. The van der Waals surface area contributed by atoms with Gasteiger partial charge in [0.1, 0.15) is 11.5 Å². The quantitative estimate of drug-likeness (QED) is 0.378. The molecule has 0 atom stereocenters. The average Bonchev–Trinajstić information content (AvgIpc) is 3.39. The minimum absolute atomic E-state index is 0.0398. The molecular formula is C25H23ClFN3OS. The Morgan fingerprint density at radius 1 is 1.03 bits per heavy atom. The van der Waals surface area contributed by atoms with Crippen LogP contribution in [0.1, 0.15) is 21.6 Å². The number of rotatable bonds is 4. The Bertz CT molecular complexity index is 1270. The Morgan fingerprint density at radius 2 is 1.78 bits per heavy atom. The molecular weight excluding hydrogens is 445 g/mol. The van der Waals surface area contributed by atoms with Crippen LogP contribution in [0.3, 0.4) is 0 Å². The van der Waals surface area contributed by atoms with Gasteiger partial charge in [0, 0.05) is 43.4 Å². The maximum atomic E-state index is 13.5. The van der Waals surface area contributed by atoms with Gasteiger partial charge in [0.15, 0.2) is 0 Å². The fourth-order valence-corrected chi connectivity index (χ4v) is 5.32. The molecule has 0 unspecified atom stereocenters. The summed E-state index contributed by atoms with van der Waals surface area (Å²) in [6, 6.07) is 16.4. The van der Waals surface area contributed by atoms with E-state index >= 15 is 0 Å². The molecule has 1 aliphatic rings. The topological polar surface area (TPSA) is 28.5 Å². The molecule has 0 spiro atoms. The Balaban J connectivity index is 1.37. The molecule has 1 aliphatic heterocycles. The lowest BCUT2D eigenvalue weighted by molar-refractivity contribution is 0.0737. The largest absolute Gasteiger partial charge is 0.368 e. The SMILES string of the molecule is Cc1ccc(Cl)cc1N1CCN(C(=O)c2cc3sccc3n2Cc2ccc(F)cc2)CC1. The van der Waals surface area contributed by atoms with Crippen molar-refractivity contribution < 1.29 is 9.18 Å². The number of aryl methyl sites for hydroxylation is 1. The van der Waals surface area contributed by atoms with Crippen LogP contribution in [-0.2, 0) is 6.54 Å². The van der Waals surface area contributed by atoms with Crippen molar-refractivity contribution in [2.75, 3.05) is 31.1 Å². The highest BCUT2D eigenvalue weighted by Gasteiger charge is 2.26. The molecule has 0 radical (unpaired) electrons. The van der Waals surface area contributed by atoms with Gasteiger partial charge in [0.2, 0.25) is 0 Å². The lowest BCUT2D eigenvalue weighted by atomic mass is 10.1. The first-order valence-corrected chi connectivity index (χ1v) is 11.9. The average molecular weight is 468 g/mol. The molecule has 7 heteroatoms. The third-order valence-corrected chi connectivity index (χ3v) is 7.16. The highest BCUT2D eigenvalue weighted by atomic mass is 35.5. The second-order valence-corrected chi connectivity index (χ2v) is 9.51. The van der Waals surface area contributed by atoms with E-state index in [1.165, 1.54) is 17.7 Å². The maximum absolute atomic E-state index is 13.5. The van der Waals surface area contributed by atoms with Gasteiger partial charge in [0.25, 0.3) is 5.91 Å². The summed E-state index contributed by atoms with van der Waals surface area (Å²) in [5.41, 5.74) is 5.00. The van der Waals surface area contributed by atoms with Gasteiger partial charge in [-0.1, -0.05) is 29.8 Å². The predicted molar refractivity (Wildman–Crippen MR) is 130 cm³/mol. The van der Waals surface area contributed by atoms with Gasteiger partial charge in [0.05, 0.1) is 10.2 Å². The minimum atomic E-state index is -0.258. The number of aromatic nitrogens is 1. The van der Waals surface area contributed by atoms with Crippen molar-refractivity contribution in [3.05, 3.63) is 87.6 Å². The van der Waals surface area contributed by atoms with E-state index in [9.17, 15) is 9.18 Å². The smallest absolute Gasteiger partial charge is 0.270 e. The number of benzene rings is 2. The first-order chi connectivity index (χ1) is 15.5. The molecule has 0 saturated carbocycles. The maximum Gasteiger partial charge on any atom is 0.270 e. The zero-order valence-corrected chi connectivity index (χ0v) is 19.3. The first-order valence-electron chi connectivity index (χ1n) is 10.6. The Morgan fingerprint density at radius 3 is 2.53 bits per heavy atom. The molecule has 4 nitrogen and oxygen atoms in total. The number of halogens is 2. The first kappa shape index (κ1) is 21.0. The number of hydrogen-bond acceptors (Lipinski definition) is 3. The van der Waals surface area contributed by atoms with E-state index in [1.807, 2.05) is 40.6 Å². The summed E-state index contributed by atoms with van der Waals surface area (Å²) in [6.07, 6.45) is 0. The normalized spacial score (nSPS) is 14.3. The Labute approximate surface area is 195 Å². The second kappa shape index (κ2) is 8.60. The molecule has 2 aromatic heterocycles. The molecule has 1 fully saturated rings. The standard InChI is InChI=1S/C25H23ClFN3OS/c1-17-2-5-19(26)14-22(17)28-9-11-29(12-10-28)25(31)23-15-24-21(8-13-32-24)30(23)16-18-3-6-20(27)7-4-18/h2-8,13-15H,9-12,16H2,1H3. The molecule has 32 heavy (non-hydrogen) atoms. The molecule has 0 aliphatic carbocycles. The van der Waals surface area contributed by atoms with Crippen molar-refractivity contribution in [3.8, 4) is 0 Å². The Kier molecular flexibility index (Phi) is 5.66. The lowest BCUT2D eigenvalue weighted by Crippen LogP contribution is -2.49. The fourth-order valence-electron chi connectivity index (χ4n) is 4.33. The van der Waals surface area contributed by atoms with Crippen molar-refractivity contribution in [3.63, 3.8) is 0 Å². The van der Waals surface area contributed by atoms with E-state index in [4.69, 9.17) is 11.6 Å². The number of carbonyl (C=O) groups is 1. The van der Waals surface area contributed by atoms with Gasteiger partial charge in [-0.3, -0.25) is 4.79 Å². The van der Waals surface area contributed by atoms with Crippen LogP contribution in [0.25, 0.3) is 10.2 Å². The molecule has 0 bridgehead atoms. The monoisotopic (exact) mass is 467 g/mol. The molecule has 1 saturated heterocycles. The van der Waals surface area contributed by atoms with E-state index in [1.54, 1.807) is 23.5 Å². The zero-order chi connectivity index (χ0) is 22.2. The third-order valence-electron chi connectivity index (χ3n) is 6.07. The highest BCUT2D eigenvalue weighted by Crippen LogP contribution is 2.29. The van der Waals surface area contributed by atoms with Crippen molar-refractivity contribution in [1.29, 1.82) is 0 Å². The summed E-state index contributed by atoms with van der Waals surface area (Å²) in [4.78, 5) is 17.7. The summed E-state index contributed by atoms with van der Waals surface area (Å²) in [5, 5.41) is 2.76. The van der Waals surface area contributed by atoms with Crippen LogP contribution in [0.4, 0.5) is 10.1 Å². The summed E-state index contributed by atoms with van der Waals surface area (Å²) in [5.74, 6) is -0.218.